The molecule has 0 unspecified atom stereocenters. The summed E-state index contributed by atoms with van der Waals surface area (Å²) >= 11 is 5.94. The molecule has 1 atom stereocenters. The number of carbonyl (C=O) groups is 3. The summed E-state index contributed by atoms with van der Waals surface area (Å²) in [5.74, 6) is -2.03. The third-order valence-corrected chi connectivity index (χ3v) is 3.59. The van der Waals surface area contributed by atoms with Crippen LogP contribution in [0.1, 0.15) is 30.0 Å². The van der Waals surface area contributed by atoms with Crippen LogP contribution >= 0.6 is 11.6 Å². The second-order valence-corrected chi connectivity index (χ2v) is 6.26. The van der Waals surface area contributed by atoms with Gasteiger partial charge in [-0.2, -0.15) is 9.90 Å². The van der Waals surface area contributed by atoms with Crippen molar-refractivity contribution in [1.29, 1.82) is 0 Å². The molecule has 1 heterocycles. The van der Waals surface area contributed by atoms with E-state index in [2.05, 4.69) is 10.2 Å². The molecule has 1 aromatic carbocycles. The van der Waals surface area contributed by atoms with Gasteiger partial charge in [0.25, 0.3) is 5.91 Å². The van der Waals surface area contributed by atoms with Gasteiger partial charge < -0.3 is 10.5 Å². The lowest BCUT2D eigenvalue weighted by molar-refractivity contribution is -0.130. The van der Waals surface area contributed by atoms with E-state index < -0.39 is 24.0 Å². The number of rotatable bonds is 5. The Bertz CT molecular complexity index is 849. The lowest BCUT2D eigenvalue weighted by atomic mass is 10.1. The first kappa shape index (κ1) is 19.4. The molecule has 10 heteroatoms. The highest BCUT2D eigenvalue weighted by Crippen LogP contribution is 2.16. The molecule has 0 aliphatic carbocycles. The lowest BCUT2D eigenvalue weighted by Crippen LogP contribution is -2.45. The average Bonchev–Trinajstić information content (AvgIpc) is 2.93. The first-order valence-electron chi connectivity index (χ1n) is 7.70. The average molecular weight is 380 g/mol. The van der Waals surface area contributed by atoms with E-state index in [-0.39, 0.29) is 11.6 Å². The van der Waals surface area contributed by atoms with Gasteiger partial charge in [0.05, 0.1) is 11.4 Å². The number of esters is 1. The molecule has 9 nitrogen and oxygen atoms in total. The molecule has 2 rings (SSSR count). The number of halogens is 1. The summed E-state index contributed by atoms with van der Waals surface area (Å²) in [4.78, 5) is 36.5. The molecular weight excluding hydrogens is 362 g/mol. The maximum atomic E-state index is 12.4. The van der Waals surface area contributed by atoms with Crippen LogP contribution in [0.5, 0.6) is 0 Å². The van der Waals surface area contributed by atoms with E-state index >= 15 is 0 Å². The molecule has 3 amide bonds. The minimum atomic E-state index is -1.20. The molecule has 26 heavy (non-hydrogen) atoms. The topological polar surface area (TPSA) is 129 Å². The molecule has 0 bridgehead atoms. The highest BCUT2D eigenvalue weighted by atomic mass is 35.5. The number of nitrogens with two attached hydrogens (primary N) is 1. The Morgan fingerprint density at radius 3 is 2.54 bits per heavy atom. The van der Waals surface area contributed by atoms with E-state index in [0.29, 0.717) is 16.4 Å². The molecule has 0 saturated carbocycles. The molecular formula is C16H18ClN5O4. The molecule has 3 N–H and O–H groups in total. The number of urea groups is 1. The minimum absolute atomic E-state index is 0.0532. The number of hydrogen-bond acceptors (Lipinski definition) is 6. The fourth-order valence-electron chi connectivity index (χ4n) is 2.14. The lowest BCUT2D eigenvalue weighted by Gasteiger charge is -2.19. The summed E-state index contributed by atoms with van der Waals surface area (Å²) in [5, 5.41) is 10.7. The summed E-state index contributed by atoms with van der Waals surface area (Å²) in [6.45, 7) is 4.90. The molecule has 1 aromatic heterocycles. The standard InChI is InChI=1S/C16H18ClN5O4/c1-8(2)13(14(23)19-16(18)25)26-15(24)12-9(3)20-22(21-12)11-6-4-5-10(17)7-11/h4-8,13H,1-3H3,(H3,18,19,23,25)/t13-/m1/s1. The number of nitrogens with zero attached hydrogens (tertiary/aromatic N) is 3. The van der Waals surface area contributed by atoms with E-state index in [4.69, 9.17) is 22.1 Å². The first-order chi connectivity index (χ1) is 12.2. The number of aryl methyl sites for hydroxylation is 1. The van der Waals surface area contributed by atoms with Gasteiger partial charge in [0, 0.05) is 5.02 Å². The largest absolute Gasteiger partial charge is 0.447 e. The zero-order chi connectivity index (χ0) is 19.4. The Hall–Kier alpha value is -2.94. The van der Waals surface area contributed by atoms with Crippen molar-refractivity contribution in [2.45, 2.75) is 26.9 Å². The predicted molar refractivity (Wildman–Crippen MR) is 92.9 cm³/mol. The van der Waals surface area contributed by atoms with Gasteiger partial charge in [0.2, 0.25) is 0 Å². The summed E-state index contributed by atoms with van der Waals surface area (Å²) < 4.78 is 5.21. The van der Waals surface area contributed by atoms with Gasteiger partial charge in [0.1, 0.15) is 0 Å². The Morgan fingerprint density at radius 1 is 1.27 bits per heavy atom. The van der Waals surface area contributed by atoms with Crippen molar-refractivity contribution in [1.82, 2.24) is 20.3 Å². The van der Waals surface area contributed by atoms with Gasteiger partial charge in [-0.05, 0) is 31.0 Å². The van der Waals surface area contributed by atoms with Crippen LogP contribution in [0.3, 0.4) is 0 Å². The monoisotopic (exact) mass is 379 g/mol. The number of carbonyl (C=O) groups excluding carboxylic acids is 3. The highest BCUT2D eigenvalue weighted by Gasteiger charge is 2.30. The summed E-state index contributed by atoms with van der Waals surface area (Å²) in [6.07, 6.45) is -1.20. The third-order valence-electron chi connectivity index (χ3n) is 3.36. The van der Waals surface area contributed by atoms with Crippen molar-refractivity contribution >= 4 is 29.5 Å². The molecule has 0 aliphatic rings. The Morgan fingerprint density at radius 2 is 1.96 bits per heavy atom. The van der Waals surface area contributed by atoms with Gasteiger partial charge >= 0.3 is 12.0 Å². The van der Waals surface area contributed by atoms with E-state index in [9.17, 15) is 14.4 Å². The number of aromatic nitrogens is 3. The van der Waals surface area contributed by atoms with E-state index in [0.717, 1.165) is 0 Å². The minimum Gasteiger partial charge on any atom is -0.447 e. The molecule has 0 saturated heterocycles. The second kappa shape index (κ2) is 7.96. The van der Waals surface area contributed by atoms with Crippen molar-refractivity contribution in [2.24, 2.45) is 11.7 Å². The van der Waals surface area contributed by atoms with E-state index in [1.165, 1.54) is 4.80 Å². The zero-order valence-corrected chi connectivity index (χ0v) is 15.1. The predicted octanol–water partition coefficient (Wildman–Crippen LogP) is 1.61. The summed E-state index contributed by atoms with van der Waals surface area (Å²) in [7, 11) is 0. The summed E-state index contributed by atoms with van der Waals surface area (Å²) in [5.41, 5.74) is 5.75. The maximum Gasteiger partial charge on any atom is 0.361 e. The van der Waals surface area contributed by atoms with Crippen LogP contribution in [0.25, 0.3) is 5.69 Å². The van der Waals surface area contributed by atoms with Crippen molar-refractivity contribution in [3.05, 3.63) is 40.7 Å². The van der Waals surface area contributed by atoms with Crippen LogP contribution in [0.2, 0.25) is 5.02 Å². The SMILES string of the molecule is Cc1nn(-c2cccc(Cl)c2)nc1C(=O)O[C@@H](C(=O)NC(N)=O)C(C)C. The number of ether oxygens (including phenoxy) is 1. The first-order valence-corrected chi connectivity index (χ1v) is 8.08. The van der Waals surface area contributed by atoms with Gasteiger partial charge in [0.15, 0.2) is 11.8 Å². The number of primary amides is 1. The van der Waals surface area contributed by atoms with E-state index in [1.807, 2.05) is 5.32 Å². The quantitative estimate of drug-likeness (QED) is 0.759. The second-order valence-electron chi connectivity index (χ2n) is 5.83. The Labute approximate surface area is 154 Å². The van der Waals surface area contributed by atoms with Crippen LogP contribution in [0.4, 0.5) is 4.79 Å². The normalized spacial score (nSPS) is 11.9. The van der Waals surface area contributed by atoms with Crippen molar-refractivity contribution in [3.63, 3.8) is 0 Å². The number of nitrogens with one attached hydrogen (secondary N) is 1. The van der Waals surface area contributed by atoms with Gasteiger partial charge in [-0.3, -0.25) is 10.1 Å². The number of imide groups is 1. The van der Waals surface area contributed by atoms with Crippen LogP contribution in [-0.2, 0) is 9.53 Å². The van der Waals surface area contributed by atoms with Crippen LogP contribution in [0.15, 0.2) is 24.3 Å². The maximum absolute atomic E-state index is 12.4. The fraction of sp³-hybridized carbons (Fsp3) is 0.312. The van der Waals surface area contributed by atoms with Crippen molar-refractivity contribution < 1.29 is 19.1 Å². The Kier molecular flexibility index (Phi) is 5.93. The Balaban J connectivity index is 2.23. The van der Waals surface area contributed by atoms with Crippen LogP contribution < -0.4 is 11.1 Å². The molecule has 138 valence electrons. The van der Waals surface area contributed by atoms with Crippen LogP contribution in [-0.4, -0.2) is 39.0 Å². The third kappa shape index (κ3) is 4.57. The molecule has 0 radical (unpaired) electrons. The molecule has 0 aliphatic heterocycles. The van der Waals surface area contributed by atoms with Crippen molar-refractivity contribution in [2.75, 3.05) is 0 Å². The van der Waals surface area contributed by atoms with Gasteiger partial charge in [-0.15, -0.1) is 5.10 Å². The zero-order valence-electron chi connectivity index (χ0n) is 14.4. The number of hydrogen-bond donors (Lipinski definition) is 2. The van der Waals surface area contributed by atoms with Crippen molar-refractivity contribution in [3.8, 4) is 5.69 Å². The van der Waals surface area contributed by atoms with Gasteiger partial charge in [-0.25, -0.2) is 9.59 Å². The smallest absolute Gasteiger partial charge is 0.361 e. The molecule has 2 aromatic rings. The van der Waals surface area contributed by atoms with E-state index in [1.54, 1.807) is 45.0 Å². The number of amides is 3. The highest BCUT2D eigenvalue weighted by molar-refractivity contribution is 6.30. The van der Waals surface area contributed by atoms with Crippen LogP contribution in [0, 0.1) is 12.8 Å². The number of benzene rings is 1. The van der Waals surface area contributed by atoms with Gasteiger partial charge in [-0.1, -0.05) is 31.5 Å². The molecule has 0 spiro atoms. The fourth-order valence-corrected chi connectivity index (χ4v) is 2.32. The summed E-state index contributed by atoms with van der Waals surface area (Å²) in [6, 6.07) is 5.74. The molecule has 0 fully saturated rings.